The Kier molecular flexibility index (Phi) is 5.98. The second-order valence-corrected chi connectivity index (χ2v) is 7.55. The highest BCUT2D eigenvalue weighted by Gasteiger charge is 2.23. The van der Waals surface area contributed by atoms with Crippen molar-refractivity contribution in [1.29, 1.82) is 0 Å². The molecule has 0 aliphatic heterocycles. The van der Waals surface area contributed by atoms with Crippen LogP contribution in [-0.4, -0.2) is 29.3 Å². The number of aryl methyl sites for hydroxylation is 2. The predicted molar refractivity (Wildman–Crippen MR) is 122 cm³/mol. The summed E-state index contributed by atoms with van der Waals surface area (Å²) in [5.41, 5.74) is 5.67. The summed E-state index contributed by atoms with van der Waals surface area (Å²) in [5, 5.41) is 7.34. The van der Waals surface area contributed by atoms with Crippen molar-refractivity contribution in [3.63, 3.8) is 0 Å². The lowest BCUT2D eigenvalue weighted by molar-refractivity contribution is 0.364. The van der Waals surface area contributed by atoms with Crippen LogP contribution >= 0.6 is 0 Å². The molecule has 4 aromatic rings. The van der Waals surface area contributed by atoms with Crippen LogP contribution in [0.4, 0.5) is 5.82 Å². The van der Waals surface area contributed by atoms with Crippen molar-refractivity contribution in [3.05, 3.63) is 88.9 Å². The van der Waals surface area contributed by atoms with E-state index in [2.05, 4.69) is 59.6 Å². The number of methoxy groups -OCH3 is 1. The fourth-order valence-electron chi connectivity index (χ4n) is 3.62. The highest BCUT2D eigenvalue weighted by Crippen LogP contribution is 2.32. The van der Waals surface area contributed by atoms with E-state index >= 15 is 0 Å². The van der Waals surface area contributed by atoms with Crippen LogP contribution < -0.4 is 10.1 Å². The van der Waals surface area contributed by atoms with Crippen LogP contribution in [0.1, 0.15) is 34.1 Å². The van der Waals surface area contributed by atoms with Crippen molar-refractivity contribution < 1.29 is 9.26 Å². The maximum absolute atomic E-state index is 5.77. The minimum atomic E-state index is -0.0797. The summed E-state index contributed by atoms with van der Waals surface area (Å²) in [4.78, 5) is 9.10. The molecule has 0 aliphatic carbocycles. The van der Waals surface area contributed by atoms with Gasteiger partial charge >= 0.3 is 0 Å². The monoisotopic (exact) mass is 414 g/mol. The highest BCUT2D eigenvalue weighted by molar-refractivity contribution is 5.69. The van der Waals surface area contributed by atoms with Crippen LogP contribution in [0.5, 0.6) is 5.75 Å². The molecule has 6 nitrogen and oxygen atoms in total. The van der Waals surface area contributed by atoms with Gasteiger partial charge in [0.25, 0.3) is 0 Å². The van der Waals surface area contributed by atoms with Crippen LogP contribution in [0.25, 0.3) is 11.4 Å². The zero-order valence-corrected chi connectivity index (χ0v) is 18.2. The summed E-state index contributed by atoms with van der Waals surface area (Å²) in [6.07, 6.45) is 2.48. The first-order valence-electron chi connectivity index (χ1n) is 10.3. The number of hydrogen-bond acceptors (Lipinski definition) is 6. The minimum Gasteiger partial charge on any atom is -0.497 e. The van der Waals surface area contributed by atoms with Gasteiger partial charge in [0.05, 0.1) is 18.6 Å². The molecule has 0 bridgehead atoms. The Balaban J connectivity index is 1.73. The summed E-state index contributed by atoms with van der Waals surface area (Å²) in [5.74, 6) is 2.54. The van der Waals surface area contributed by atoms with Crippen molar-refractivity contribution in [2.75, 3.05) is 19.5 Å². The number of ether oxygens (including phenoxy) is 1. The van der Waals surface area contributed by atoms with Crippen LogP contribution in [0, 0.1) is 13.8 Å². The van der Waals surface area contributed by atoms with Gasteiger partial charge in [0.2, 0.25) is 11.7 Å². The van der Waals surface area contributed by atoms with Gasteiger partial charge in [-0.05, 0) is 66.8 Å². The van der Waals surface area contributed by atoms with Gasteiger partial charge < -0.3 is 14.6 Å². The lowest BCUT2D eigenvalue weighted by Crippen LogP contribution is -2.06. The van der Waals surface area contributed by atoms with Gasteiger partial charge in [0.15, 0.2) is 0 Å². The normalized spacial score (nSPS) is 11.9. The van der Waals surface area contributed by atoms with Crippen LogP contribution in [0.2, 0.25) is 0 Å². The number of anilines is 1. The van der Waals surface area contributed by atoms with Crippen molar-refractivity contribution >= 4 is 5.82 Å². The molecule has 2 heterocycles. The quantitative estimate of drug-likeness (QED) is 0.450. The molecule has 0 amide bonds. The largest absolute Gasteiger partial charge is 0.497 e. The van der Waals surface area contributed by atoms with Gasteiger partial charge in [-0.15, -0.1) is 0 Å². The smallest absolute Gasteiger partial charge is 0.234 e. The average Bonchev–Trinajstić information content (AvgIpc) is 3.29. The Hall–Kier alpha value is -3.67. The molecule has 1 N–H and O–H groups in total. The standard InChI is InChI=1S/C25H26N4O2/c1-16-7-8-18(14-17(16)2)15-22(19-9-11-20(30-4)12-10-19)25-28-24(29-31-25)21-6-5-13-27-23(21)26-3/h5-14,22H,15H2,1-4H3,(H,26,27). The fraction of sp³-hybridized carbons (Fsp3) is 0.240. The summed E-state index contributed by atoms with van der Waals surface area (Å²) in [7, 11) is 3.49. The molecule has 6 heteroatoms. The molecule has 2 aromatic carbocycles. The number of benzene rings is 2. The molecule has 0 fully saturated rings. The highest BCUT2D eigenvalue weighted by atomic mass is 16.5. The number of aromatic nitrogens is 3. The molecule has 0 saturated heterocycles. The molecule has 1 unspecified atom stereocenters. The summed E-state index contributed by atoms with van der Waals surface area (Å²) in [6.45, 7) is 4.26. The lowest BCUT2D eigenvalue weighted by atomic mass is 9.90. The molecule has 0 saturated carbocycles. The first kappa shape index (κ1) is 20.6. The van der Waals surface area contributed by atoms with E-state index in [0.29, 0.717) is 17.5 Å². The molecule has 0 aliphatic rings. The van der Waals surface area contributed by atoms with Gasteiger partial charge in [-0.25, -0.2) is 4.98 Å². The summed E-state index contributed by atoms with van der Waals surface area (Å²) in [6, 6.07) is 18.4. The zero-order chi connectivity index (χ0) is 21.8. The topological polar surface area (TPSA) is 73.1 Å². The Morgan fingerprint density at radius 1 is 1.03 bits per heavy atom. The zero-order valence-electron chi connectivity index (χ0n) is 18.2. The van der Waals surface area contributed by atoms with Gasteiger partial charge in [-0.2, -0.15) is 4.98 Å². The van der Waals surface area contributed by atoms with E-state index in [1.54, 1.807) is 13.3 Å². The van der Waals surface area contributed by atoms with E-state index < -0.39 is 0 Å². The molecule has 158 valence electrons. The van der Waals surface area contributed by atoms with E-state index in [-0.39, 0.29) is 5.92 Å². The number of pyridine rings is 1. The second-order valence-electron chi connectivity index (χ2n) is 7.55. The minimum absolute atomic E-state index is 0.0797. The Labute approximate surface area is 182 Å². The van der Waals surface area contributed by atoms with Crippen LogP contribution in [0.3, 0.4) is 0 Å². The summed E-state index contributed by atoms with van der Waals surface area (Å²) < 4.78 is 11.1. The van der Waals surface area contributed by atoms with Gasteiger partial charge in [-0.1, -0.05) is 35.5 Å². The first-order chi connectivity index (χ1) is 15.1. The van der Waals surface area contributed by atoms with Gasteiger partial charge in [0, 0.05) is 13.2 Å². The number of hydrogen-bond donors (Lipinski definition) is 1. The molecule has 0 radical (unpaired) electrons. The molecule has 0 spiro atoms. The molecule has 2 aromatic heterocycles. The van der Waals surface area contributed by atoms with E-state index in [9.17, 15) is 0 Å². The molecule has 1 atom stereocenters. The maximum atomic E-state index is 5.77. The fourth-order valence-corrected chi connectivity index (χ4v) is 3.62. The van der Waals surface area contributed by atoms with Crippen molar-refractivity contribution in [2.24, 2.45) is 0 Å². The average molecular weight is 415 g/mol. The van der Waals surface area contributed by atoms with Crippen molar-refractivity contribution in [1.82, 2.24) is 15.1 Å². The number of rotatable bonds is 7. The van der Waals surface area contributed by atoms with E-state index in [4.69, 9.17) is 14.2 Å². The molecule has 31 heavy (non-hydrogen) atoms. The van der Waals surface area contributed by atoms with E-state index in [1.165, 1.54) is 16.7 Å². The third kappa shape index (κ3) is 4.43. The molecular formula is C25H26N4O2. The lowest BCUT2D eigenvalue weighted by Gasteiger charge is -2.15. The maximum Gasteiger partial charge on any atom is 0.234 e. The Morgan fingerprint density at radius 3 is 2.55 bits per heavy atom. The third-order valence-electron chi connectivity index (χ3n) is 5.55. The van der Waals surface area contributed by atoms with Gasteiger partial charge in [0.1, 0.15) is 11.6 Å². The number of nitrogens with zero attached hydrogens (tertiary/aromatic N) is 3. The van der Waals surface area contributed by atoms with Gasteiger partial charge in [-0.3, -0.25) is 0 Å². The predicted octanol–water partition coefficient (Wildman–Crippen LogP) is 5.17. The summed E-state index contributed by atoms with van der Waals surface area (Å²) >= 11 is 0. The second kappa shape index (κ2) is 9.00. The SMILES string of the molecule is CNc1ncccc1-c1noc(C(Cc2ccc(C)c(C)c2)c2ccc(OC)cc2)n1. The van der Waals surface area contributed by atoms with E-state index in [0.717, 1.165) is 23.3 Å². The Morgan fingerprint density at radius 2 is 1.84 bits per heavy atom. The third-order valence-corrected chi connectivity index (χ3v) is 5.55. The van der Waals surface area contributed by atoms with Crippen molar-refractivity contribution in [2.45, 2.75) is 26.2 Å². The molecular weight excluding hydrogens is 388 g/mol. The number of nitrogens with one attached hydrogen (secondary N) is 1. The first-order valence-corrected chi connectivity index (χ1v) is 10.3. The van der Waals surface area contributed by atoms with Crippen LogP contribution in [0.15, 0.2) is 65.3 Å². The van der Waals surface area contributed by atoms with Crippen LogP contribution in [-0.2, 0) is 6.42 Å². The Bertz CT molecular complexity index is 1170. The molecule has 4 rings (SSSR count). The van der Waals surface area contributed by atoms with E-state index in [1.807, 2.05) is 31.3 Å². The van der Waals surface area contributed by atoms with Crippen molar-refractivity contribution in [3.8, 4) is 17.1 Å².